The molecule has 0 radical (unpaired) electrons. The largest absolute Gasteiger partial charge is 0.337 e. The van der Waals surface area contributed by atoms with E-state index in [-0.39, 0.29) is 11.4 Å². The van der Waals surface area contributed by atoms with Crippen molar-refractivity contribution in [1.29, 1.82) is 0 Å². The molecule has 0 saturated heterocycles. The van der Waals surface area contributed by atoms with Crippen molar-refractivity contribution in [3.8, 4) is 0 Å². The Morgan fingerprint density at radius 3 is 2.55 bits per heavy atom. The molecule has 3 rings (SSSR count). The maximum atomic E-state index is 12.1. The number of carbonyl (C=O) groups excluding carboxylic acids is 1. The standard InChI is InChI=1S/C18H19BrN2O/c1-13-11-15(19)7-8-16(13)21-17(22)20-12-18(9-10-18)14-5-3-2-4-6-14/h2-8,11H,9-10,12H2,1H3,(H2,20,21,22). The molecule has 1 aliphatic carbocycles. The molecular formula is C18H19BrN2O. The summed E-state index contributed by atoms with van der Waals surface area (Å²) in [5.41, 5.74) is 3.32. The highest BCUT2D eigenvalue weighted by molar-refractivity contribution is 9.10. The van der Waals surface area contributed by atoms with E-state index >= 15 is 0 Å². The van der Waals surface area contributed by atoms with Crippen molar-refractivity contribution >= 4 is 27.6 Å². The van der Waals surface area contributed by atoms with Gasteiger partial charge in [-0.25, -0.2) is 4.79 Å². The van der Waals surface area contributed by atoms with Gasteiger partial charge in [-0.1, -0.05) is 46.3 Å². The third-order valence-electron chi connectivity index (χ3n) is 4.26. The van der Waals surface area contributed by atoms with E-state index in [2.05, 4.69) is 50.8 Å². The number of amides is 2. The minimum atomic E-state index is -0.146. The van der Waals surface area contributed by atoms with E-state index in [1.807, 2.05) is 31.2 Å². The Bertz CT molecular complexity index is 681. The molecule has 0 spiro atoms. The number of nitrogens with one attached hydrogen (secondary N) is 2. The number of anilines is 1. The zero-order chi connectivity index (χ0) is 15.6. The van der Waals surface area contributed by atoms with Crippen molar-refractivity contribution in [2.45, 2.75) is 25.2 Å². The zero-order valence-corrected chi connectivity index (χ0v) is 14.1. The summed E-state index contributed by atoms with van der Waals surface area (Å²) in [5, 5.41) is 5.93. The Morgan fingerprint density at radius 1 is 1.18 bits per heavy atom. The lowest BCUT2D eigenvalue weighted by Crippen LogP contribution is -2.35. The van der Waals surface area contributed by atoms with Crippen molar-refractivity contribution < 1.29 is 4.79 Å². The first kappa shape index (κ1) is 15.1. The van der Waals surface area contributed by atoms with Gasteiger partial charge >= 0.3 is 6.03 Å². The topological polar surface area (TPSA) is 41.1 Å². The molecule has 0 heterocycles. The molecule has 2 N–H and O–H groups in total. The maximum absolute atomic E-state index is 12.1. The van der Waals surface area contributed by atoms with E-state index < -0.39 is 0 Å². The number of rotatable bonds is 4. The summed E-state index contributed by atoms with van der Waals surface area (Å²) in [6, 6.07) is 16.1. The molecule has 2 aromatic rings. The molecule has 1 saturated carbocycles. The monoisotopic (exact) mass is 358 g/mol. The maximum Gasteiger partial charge on any atom is 0.319 e. The molecule has 2 amide bonds. The first-order valence-electron chi connectivity index (χ1n) is 7.46. The van der Waals surface area contributed by atoms with Crippen LogP contribution in [-0.4, -0.2) is 12.6 Å². The molecule has 114 valence electrons. The summed E-state index contributed by atoms with van der Waals surface area (Å²) >= 11 is 3.43. The van der Waals surface area contributed by atoms with Gasteiger partial charge in [0.25, 0.3) is 0 Å². The van der Waals surface area contributed by atoms with Gasteiger partial charge in [0, 0.05) is 22.1 Å². The van der Waals surface area contributed by atoms with E-state index in [1.54, 1.807) is 0 Å². The molecule has 22 heavy (non-hydrogen) atoms. The number of urea groups is 1. The van der Waals surface area contributed by atoms with Crippen LogP contribution >= 0.6 is 15.9 Å². The van der Waals surface area contributed by atoms with Crippen LogP contribution in [0.1, 0.15) is 24.0 Å². The third kappa shape index (κ3) is 3.33. The van der Waals surface area contributed by atoms with Gasteiger partial charge in [-0.3, -0.25) is 0 Å². The van der Waals surface area contributed by atoms with Crippen LogP contribution in [0, 0.1) is 6.92 Å². The molecule has 0 unspecified atom stereocenters. The minimum Gasteiger partial charge on any atom is -0.337 e. The van der Waals surface area contributed by atoms with E-state index in [4.69, 9.17) is 0 Å². The number of halogens is 1. The van der Waals surface area contributed by atoms with Crippen LogP contribution < -0.4 is 10.6 Å². The quantitative estimate of drug-likeness (QED) is 0.822. The summed E-state index contributed by atoms with van der Waals surface area (Å²) < 4.78 is 1.01. The summed E-state index contributed by atoms with van der Waals surface area (Å²) in [4.78, 5) is 12.1. The molecule has 0 atom stereocenters. The first-order valence-corrected chi connectivity index (χ1v) is 8.25. The lowest BCUT2D eigenvalue weighted by molar-refractivity contribution is 0.251. The number of aryl methyl sites for hydroxylation is 1. The van der Waals surface area contributed by atoms with Crippen molar-refractivity contribution in [1.82, 2.24) is 5.32 Å². The van der Waals surface area contributed by atoms with Crippen LogP contribution in [0.3, 0.4) is 0 Å². The lowest BCUT2D eigenvalue weighted by atomic mass is 9.96. The fourth-order valence-electron chi connectivity index (χ4n) is 2.69. The molecule has 0 aromatic heterocycles. The highest BCUT2D eigenvalue weighted by atomic mass is 79.9. The highest BCUT2D eigenvalue weighted by Gasteiger charge is 2.44. The molecule has 4 heteroatoms. The summed E-state index contributed by atoms with van der Waals surface area (Å²) in [5.74, 6) is 0. The molecule has 0 bridgehead atoms. The minimum absolute atomic E-state index is 0.132. The molecule has 0 aliphatic heterocycles. The highest BCUT2D eigenvalue weighted by Crippen LogP contribution is 2.47. The van der Waals surface area contributed by atoms with E-state index in [9.17, 15) is 4.79 Å². The second kappa shape index (κ2) is 6.13. The Balaban J connectivity index is 1.59. The lowest BCUT2D eigenvalue weighted by Gasteiger charge is -2.17. The Hall–Kier alpha value is -1.81. The Morgan fingerprint density at radius 2 is 1.91 bits per heavy atom. The van der Waals surface area contributed by atoms with Gasteiger partial charge in [-0.15, -0.1) is 0 Å². The summed E-state index contributed by atoms with van der Waals surface area (Å²) in [7, 11) is 0. The fourth-order valence-corrected chi connectivity index (χ4v) is 3.17. The smallest absolute Gasteiger partial charge is 0.319 e. The zero-order valence-electron chi connectivity index (χ0n) is 12.5. The fraction of sp³-hybridized carbons (Fsp3) is 0.278. The van der Waals surface area contributed by atoms with Crippen LogP contribution in [0.4, 0.5) is 10.5 Å². The van der Waals surface area contributed by atoms with Crippen LogP contribution in [0.25, 0.3) is 0 Å². The molecule has 3 nitrogen and oxygen atoms in total. The molecular weight excluding hydrogens is 340 g/mol. The summed E-state index contributed by atoms with van der Waals surface area (Å²) in [6.45, 7) is 2.66. The SMILES string of the molecule is Cc1cc(Br)ccc1NC(=O)NCC1(c2ccccc2)CC1. The van der Waals surface area contributed by atoms with Crippen molar-refractivity contribution in [2.75, 3.05) is 11.9 Å². The third-order valence-corrected chi connectivity index (χ3v) is 4.76. The van der Waals surface area contributed by atoms with Crippen molar-refractivity contribution in [3.05, 3.63) is 64.1 Å². The first-order chi connectivity index (χ1) is 10.6. The summed E-state index contributed by atoms with van der Waals surface area (Å²) in [6.07, 6.45) is 2.27. The van der Waals surface area contributed by atoms with E-state index in [0.717, 1.165) is 28.6 Å². The second-order valence-corrected chi connectivity index (χ2v) is 6.83. The van der Waals surface area contributed by atoms with Gasteiger partial charge in [0.15, 0.2) is 0 Å². The van der Waals surface area contributed by atoms with Gasteiger partial charge < -0.3 is 10.6 Å². The van der Waals surface area contributed by atoms with Crippen LogP contribution in [0.5, 0.6) is 0 Å². The number of benzene rings is 2. The Kier molecular flexibility index (Phi) is 4.21. The average Bonchev–Trinajstić information content (AvgIpc) is 3.30. The second-order valence-electron chi connectivity index (χ2n) is 5.91. The number of carbonyl (C=O) groups is 1. The van der Waals surface area contributed by atoms with Gasteiger partial charge in [0.05, 0.1) is 0 Å². The van der Waals surface area contributed by atoms with E-state index in [1.165, 1.54) is 5.56 Å². The van der Waals surface area contributed by atoms with Gasteiger partial charge in [0.2, 0.25) is 0 Å². The predicted molar refractivity (Wildman–Crippen MR) is 93.3 cm³/mol. The number of hydrogen-bond acceptors (Lipinski definition) is 1. The molecule has 1 aliphatic rings. The van der Waals surface area contributed by atoms with Crippen molar-refractivity contribution in [3.63, 3.8) is 0 Å². The Labute approximate surface area is 139 Å². The van der Waals surface area contributed by atoms with Crippen LogP contribution in [0.2, 0.25) is 0 Å². The van der Waals surface area contributed by atoms with Crippen LogP contribution in [0.15, 0.2) is 53.0 Å². The average molecular weight is 359 g/mol. The molecule has 2 aromatic carbocycles. The predicted octanol–water partition coefficient (Wildman–Crippen LogP) is 4.61. The van der Waals surface area contributed by atoms with Gasteiger partial charge in [-0.05, 0) is 49.1 Å². The normalized spacial score (nSPS) is 15.2. The van der Waals surface area contributed by atoms with E-state index in [0.29, 0.717) is 6.54 Å². The van der Waals surface area contributed by atoms with Gasteiger partial charge in [0.1, 0.15) is 0 Å². The van der Waals surface area contributed by atoms with Crippen molar-refractivity contribution in [2.24, 2.45) is 0 Å². The molecule has 1 fully saturated rings. The van der Waals surface area contributed by atoms with Crippen LogP contribution in [-0.2, 0) is 5.41 Å². The number of hydrogen-bond donors (Lipinski definition) is 2. The van der Waals surface area contributed by atoms with Gasteiger partial charge in [-0.2, -0.15) is 0 Å².